The minimum Gasteiger partial charge on any atom is -0.443 e. The monoisotopic (exact) mass is 526 g/mol. The number of carbonyl (C=O) groups excluding carboxylic acids is 2. The molecule has 5 rings (SSSR count). The molecule has 0 N–H and O–H groups in total. The Bertz CT molecular complexity index is 1300. The molecule has 2 atom stereocenters. The van der Waals surface area contributed by atoms with Gasteiger partial charge in [-0.3, -0.25) is 14.7 Å². The highest BCUT2D eigenvalue weighted by molar-refractivity contribution is 5.89. The van der Waals surface area contributed by atoms with E-state index in [1.54, 1.807) is 29.2 Å². The van der Waals surface area contributed by atoms with E-state index >= 15 is 0 Å². The first-order chi connectivity index (χ1) is 19.1. The molecule has 2 unspecified atom stereocenters. The number of ether oxygens (including phenoxy) is 3. The van der Waals surface area contributed by atoms with Gasteiger partial charge in [0.05, 0.1) is 18.2 Å². The second-order valence-electron chi connectivity index (χ2n) is 9.59. The smallest absolute Gasteiger partial charge is 0.443 e. The lowest BCUT2D eigenvalue weighted by Gasteiger charge is -2.40. The van der Waals surface area contributed by atoms with Crippen molar-refractivity contribution in [2.45, 2.75) is 25.5 Å². The van der Waals surface area contributed by atoms with Crippen molar-refractivity contribution in [2.75, 3.05) is 37.6 Å². The van der Waals surface area contributed by atoms with Gasteiger partial charge in [-0.2, -0.15) is 5.26 Å². The van der Waals surface area contributed by atoms with E-state index in [4.69, 9.17) is 19.5 Å². The summed E-state index contributed by atoms with van der Waals surface area (Å²) in [5, 5.41) is 9.03. The maximum atomic E-state index is 12.6. The van der Waals surface area contributed by atoms with Crippen molar-refractivity contribution < 1.29 is 23.8 Å². The van der Waals surface area contributed by atoms with Crippen molar-refractivity contribution in [1.82, 2.24) is 9.80 Å². The van der Waals surface area contributed by atoms with Crippen LogP contribution in [0.2, 0.25) is 0 Å². The SMILES string of the molecule is N#Cc1ccc(N2CC(CN3CCN(Cc4ccccc4)C(OC(=O)OCc4ccccc4)C3)OC2=O)cc1. The number of benzene rings is 3. The van der Waals surface area contributed by atoms with Gasteiger partial charge in [-0.1, -0.05) is 60.7 Å². The number of carbonyl (C=O) groups is 2. The fraction of sp³-hybridized carbons (Fsp3) is 0.300. The first-order valence-electron chi connectivity index (χ1n) is 12.9. The number of anilines is 1. The van der Waals surface area contributed by atoms with Crippen molar-refractivity contribution in [1.29, 1.82) is 5.26 Å². The van der Waals surface area contributed by atoms with Crippen LogP contribution >= 0.6 is 0 Å². The topological polar surface area (TPSA) is 95.3 Å². The van der Waals surface area contributed by atoms with Crippen LogP contribution in [-0.4, -0.2) is 67.1 Å². The van der Waals surface area contributed by atoms with Crippen molar-refractivity contribution in [3.63, 3.8) is 0 Å². The van der Waals surface area contributed by atoms with Crippen LogP contribution in [0, 0.1) is 11.3 Å². The van der Waals surface area contributed by atoms with E-state index in [2.05, 4.69) is 15.9 Å². The molecule has 0 aliphatic carbocycles. The molecule has 0 spiro atoms. The van der Waals surface area contributed by atoms with Crippen LogP contribution in [0.3, 0.4) is 0 Å². The van der Waals surface area contributed by atoms with Gasteiger partial charge in [0.15, 0.2) is 6.23 Å². The third-order valence-electron chi connectivity index (χ3n) is 6.83. The fourth-order valence-electron chi connectivity index (χ4n) is 4.81. The minimum absolute atomic E-state index is 0.137. The highest BCUT2D eigenvalue weighted by atomic mass is 16.7. The van der Waals surface area contributed by atoms with Gasteiger partial charge in [-0.05, 0) is 35.4 Å². The lowest BCUT2D eigenvalue weighted by molar-refractivity contribution is -0.0939. The fourth-order valence-corrected chi connectivity index (χ4v) is 4.81. The molecule has 2 heterocycles. The third-order valence-corrected chi connectivity index (χ3v) is 6.83. The Morgan fingerprint density at radius 3 is 2.31 bits per heavy atom. The molecule has 0 aromatic heterocycles. The Morgan fingerprint density at radius 2 is 1.62 bits per heavy atom. The summed E-state index contributed by atoms with van der Waals surface area (Å²) in [4.78, 5) is 31.0. The zero-order valence-corrected chi connectivity index (χ0v) is 21.5. The molecule has 0 radical (unpaired) electrons. The van der Waals surface area contributed by atoms with Crippen molar-refractivity contribution in [3.8, 4) is 6.07 Å². The van der Waals surface area contributed by atoms with Crippen molar-refractivity contribution in [2.24, 2.45) is 0 Å². The predicted molar refractivity (Wildman–Crippen MR) is 144 cm³/mol. The number of nitrogens with zero attached hydrogens (tertiary/aromatic N) is 4. The molecule has 9 nitrogen and oxygen atoms in total. The molecular formula is C30H30N4O5. The molecule has 0 saturated carbocycles. The van der Waals surface area contributed by atoms with Gasteiger partial charge in [0.1, 0.15) is 12.7 Å². The second-order valence-corrected chi connectivity index (χ2v) is 9.59. The maximum Gasteiger partial charge on any atom is 0.510 e. The summed E-state index contributed by atoms with van der Waals surface area (Å²) < 4.78 is 16.8. The normalized spacial score (nSPS) is 19.8. The van der Waals surface area contributed by atoms with Crippen molar-refractivity contribution in [3.05, 3.63) is 102 Å². The van der Waals surface area contributed by atoms with Crippen LogP contribution in [0.1, 0.15) is 16.7 Å². The van der Waals surface area contributed by atoms with Crippen LogP contribution in [0.25, 0.3) is 0 Å². The number of cyclic esters (lactones) is 1. The summed E-state index contributed by atoms with van der Waals surface area (Å²) in [7, 11) is 0. The van der Waals surface area contributed by atoms with E-state index in [0.29, 0.717) is 44.0 Å². The quantitative estimate of drug-likeness (QED) is 0.399. The number of piperazine rings is 1. The Morgan fingerprint density at radius 1 is 0.923 bits per heavy atom. The molecule has 2 saturated heterocycles. The van der Waals surface area contributed by atoms with Gasteiger partial charge < -0.3 is 14.2 Å². The lowest BCUT2D eigenvalue weighted by Crippen LogP contribution is -2.55. The summed E-state index contributed by atoms with van der Waals surface area (Å²) >= 11 is 0. The van der Waals surface area contributed by atoms with Gasteiger partial charge >= 0.3 is 12.2 Å². The molecule has 3 aromatic rings. The third kappa shape index (κ3) is 6.93. The van der Waals surface area contributed by atoms with E-state index in [-0.39, 0.29) is 12.7 Å². The highest BCUT2D eigenvalue weighted by Crippen LogP contribution is 2.24. The van der Waals surface area contributed by atoms with Gasteiger partial charge in [0.25, 0.3) is 0 Å². The molecule has 39 heavy (non-hydrogen) atoms. The molecule has 1 amide bonds. The van der Waals surface area contributed by atoms with E-state index in [1.165, 1.54) is 0 Å². The number of hydrogen-bond donors (Lipinski definition) is 0. The predicted octanol–water partition coefficient (Wildman–Crippen LogP) is 4.38. The van der Waals surface area contributed by atoms with Gasteiger partial charge in [-0.25, -0.2) is 9.59 Å². The molecule has 0 bridgehead atoms. The van der Waals surface area contributed by atoms with Crippen LogP contribution in [0.5, 0.6) is 0 Å². The first kappa shape index (κ1) is 26.2. The largest absolute Gasteiger partial charge is 0.510 e. The van der Waals surface area contributed by atoms with Crippen LogP contribution in [0.15, 0.2) is 84.9 Å². The average molecular weight is 527 g/mol. The number of nitriles is 1. The van der Waals surface area contributed by atoms with E-state index in [1.807, 2.05) is 60.7 Å². The summed E-state index contributed by atoms with van der Waals surface area (Å²) in [6, 6.07) is 28.5. The van der Waals surface area contributed by atoms with Crippen LogP contribution < -0.4 is 4.90 Å². The van der Waals surface area contributed by atoms with Gasteiger partial charge in [-0.15, -0.1) is 0 Å². The lowest BCUT2D eigenvalue weighted by atomic mass is 10.1. The zero-order valence-electron chi connectivity index (χ0n) is 21.5. The minimum atomic E-state index is -0.719. The number of rotatable bonds is 8. The van der Waals surface area contributed by atoms with Gasteiger partial charge in [0, 0.05) is 38.4 Å². The molecule has 2 aliphatic heterocycles. The van der Waals surface area contributed by atoms with E-state index in [9.17, 15) is 9.59 Å². The summed E-state index contributed by atoms with van der Waals surface area (Å²) in [5.41, 5.74) is 3.23. The number of amides is 1. The summed E-state index contributed by atoms with van der Waals surface area (Å²) in [5.74, 6) is 0. The molecule has 9 heteroatoms. The Hall–Kier alpha value is -4.39. The summed E-state index contributed by atoms with van der Waals surface area (Å²) in [6.07, 6.45) is -1.98. The van der Waals surface area contributed by atoms with Gasteiger partial charge in [0.2, 0.25) is 0 Å². The molecule has 3 aromatic carbocycles. The maximum absolute atomic E-state index is 12.6. The molecule has 2 fully saturated rings. The van der Waals surface area contributed by atoms with Crippen molar-refractivity contribution >= 4 is 17.9 Å². The Kier molecular flexibility index (Phi) is 8.36. The molecule has 200 valence electrons. The molecule has 2 aliphatic rings. The number of hydrogen-bond acceptors (Lipinski definition) is 8. The zero-order chi connectivity index (χ0) is 27.0. The summed E-state index contributed by atoms with van der Waals surface area (Å²) in [6.45, 7) is 3.55. The Balaban J connectivity index is 1.20. The van der Waals surface area contributed by atoms with Crippen LogP contribution in [-0.2, 0) is 27.4 Å². The van der Waals surface area contributed by atoms with E-state index in [0.717, 1.165) is 17.7 Å². The standard InChI is InChI=1S/C30H30N4O5/c31-17-23-11-13-26(14-12-23)34-20-27(38-29(34)35)19-32-15-16-33(18-24-7-3-1-4-8-24)28(21-32)39-30(36)37-22-25-9-5-2-6-10-25/h1-14,27-28H,15-16,18-22H2. The second kappa shape index (κ2) is 12.4. The highest BCUT2D eigenvalue weighted by Gasteiger charge is 2.36. The first-order valence-corrected chi connectivity index (χ1v) is 12.9. The van der Waals surface area contributed by atoms with Crippen LogP contribution in [0.4, 0.5) is 15.3 Å². The Labute approximate surface area is 227 Å². The van der Waals surface area contributed by atoms with E-state index < -0.39 is 18.5 Å². The average Bonchev–Trinajstić information content (AvgIpc) is 3.34. The molecular weight excluding hydrogens is 496 g/mol.